The molecule has 0 saturated heterocycles. The first-order valence-corrected chi connectivity index (χ1v) is 14.1. The van der Waals surface area contributed by atoms with Gasteiger partial charge in [-0.3, -0.25) is 19.2 Å². The number of fused-ring (bicyclic) bond motifs is 3. The summed E-state index contributed by atoms with van der Waals surface area (Å²) in [6, 6.07) is 0. The van der Waals surface area contributed by atoms with Crippen LogP contribution >= 0.6 is 0 Å². The van der Waals surface area contributed by atoms with Crippen LogP contribution in [0.5, 0.6) is 0 Å². The Morgan fingerprint density at radius 1 is 0.949 bits per heavy atom. The summed E-state index contributed by atoms with van der Waals surface area (Å²) in [4.78, 5) is 50.2. The maximum Gasteiger partial charge on any atom is 0.308 e. The third-order valence-electron chi connectivity index (χ3n) is 9.46. The van der Waals surface area contributed by atoms with Gasteiger partial charge in [0.1, 0.15) is 24.4 Å². The average Bonchev–Trinajstić information content (AvgIpc) is 2.79. The molecule has 0 heterocycles. The zero-order valence-corrected chi connectivity index (χ0v) is 25.1. The van der Waals surface area contributed by atoms with Gasteiger partial charge in [0.05, 0.1) is 5.92 Å². The van der Waals surface area contributed by atoms with E-state index in [4.69, 9.17) is 18.9 Å². The lowest BCUT2D eigenvalue weighted by molar-refractivity contribution is -0.197. The van der Waals surface area contributed by atoms with Crippen molar-refractivity contribution >= 4 is 23.9 Å². The highest BCUT2D eigenvalue weighted by Crippen LogP contribution is 2.60. The number of rotatable bonds is 6. The van der Waals surface area contributed by atoms with E-state index in [0.29, 0.717) is 18.4 Å². The van der Waals surface area contributed by atoms with Gasteiger partial charge >= 0.3 is 23.9 Å². The van der Waals surface area contributed by atoms with Crippen molar-refractivity contribution in [2.75, 3.05) is 0 Å². The van der Waals surface area contributed by atoms with Gasteiger partial charge in [-0.15, -0.1) is 0 Å². The number of ether oxygens (including phenoxy) is 4. The number of carbonyl (C=O) groups excluding carboxylic acids is 4. The highest BCUT2D eigenvalue weighted by atomic mass is 16.6. The lowest BCUT2D eigenvalue weighted by atomic mass is 9.49. The Hall–Kier alpha value is -2.64. The minimum absolute atomic E-state index is 0.141. The van der Waals surface area contributed by atoms with Gasteiger partial charge in [-0.25, -0.2) is 0 Å². The maximum atomic E-state index is 13.4. The summed E-state index contributed by atoms with van der Waals surface area (Å²) in [5, 5.41) is 0. The molecule has 0 aromatic heterocycles. The molecule has 218 valence electrons. The van der Waals surface area contributed by atoms with E-state index in [1.54, 1.807) is 0 Å². The second kappa shape index (κ2) is 11.5. The molecule has 0 aromatic carbocycles. The van der Waals surface area contributed by atoms with Crippen LogP contribution in [0.25, 0.3) is 0 Å². The van der Waals surface area contributed by atoms with Crippen LogP contribution in [0, 0.1) is 28.6 Å². The van der Waals surface area contributed by atoms with Gasteiger partial charge < -0.3 is 18.9 Å². The molecular weight excluding hydrogens is 500 g/mol. The Balaban J connectivity index is 2.31. The molecule has 0 aromatic rings. The fourth-order valence-corrected chi connectivity index (χ4v) is 7.47. The van der Waals surface area contributed by atoms with Crippen molar-refractivity contribution < 1.29 is 38.1 Å². The van der Waals surface area contributed by atoms with Crippen LogP contribution in [0.1, 0.15) is 94.4 Å². The second-order valence-electron chi connectivity index (χ2n) is 12.6. The molecule has 0 radical (unpaired) electrons. The third-order valence-corrected chi connectivity index (χ3v) is 9.46. The van der Waals surface area contributed by atoms with Crippen LogP contribution < -0.4 is 0 Å². The predicted molar refractivity (Wildman–Crippen MR) is 145 cm³/mol. The molecular formula is C31H46O8. The van der Waals surface area contributed by atoms with Crippen molar-refractivity contribution in [3.8, 4) is 0 Å². The van der Waals surface area contributed by atoms with Crippen LogP contribution in [0.4, 0.5) is 0 Å². The number of esters is 4. The van der Waals surface area contributed by atoms with Crippen LogP contribution in [0.15, 0.2) is 23.3 Å². The molecule has 2 bridgehead atoms. The molecule has 39 heavy (non-hydrogen) atoms. The Morgan fingerprint density at radius 3 is 2.05 bits per heavy atom. The summed E-state index contributed by atoms with van der Waals surface area (Å²) in [6.45, 7) is 20.6. The second-order valence-corrected chi connectivity index (χ2v) is 12.6. The van der Waals surface area contributed by atoms with E-state index in [-0.39, 0.29) is 24.2 Å². The van der Waals surface area contributed by atoms with E-state index in [2.05, 4.69) is 27.4 Å². The lowest BCUT2D eigenvalue weighted by Gasteiger charge is -2.59. The quantitative estimate of drug-likeness (QED) is 0.245. The minimum atomic E-state index is -0.836. The first kappa shape index (κ1) is 30.9. The fraction of sp³-hybridized carbons (Fsp3) is 0.742. The summed E-state index contributed by atoms with van der Waals surface area (Å²) in [7, 11) is 0. The monoisotopic (exact) mass is 546 g/mol. The lowest BCUT2D eigenvalue weighted by Crippen LogP contribution is -2.61. The topological polar surface area (TPSA) is 105 Å². The van der Waals surface area contributed by atoms with Crippen LogP contribution in [-0.4, -0.2) is 48.3 Å². The molecule has 3 aliphatic rings. The molecule has 0 amide bonds. The van der Waals surface area contributed by atoms with Crippen molar-refractivity contribution in [1.82, 2.24) is 0 Å². The maximum absolute atomic E-state index is 13.4. The molecule has 0 spiro atoms. The van der Waals surface area contributed by atoms with Crippen molar-refractivity contribution in [1.29, 1.82) is 0 Å². The molecule has 3 aliphatic carbocycles. The van der Waals surface area contributed by atoms with Crippen molar-refractivity contribution in [2.24, 2.45) is 28.6 Å². The molecule has 0 N–H and O–H groups in total. The van der Waals surface area contributed by atoms with Gasteiger partial charge in [0, 0.05) is 44.4 Å². The Labute approximate surface area is 232 Å². The molecule has 2 fully saturated rings. The first-order chi connectivity index (χ1) is 18.0. The number of hydrogen-bond donors (Lipinski definition) is 0. The molecule has 2 unspecified atom stereocenters. The standard InChI is InChI=1S/C31H46O8/c1-11-16(2)29(35)39-28-22-13-12-17(3)26(30(22,8)9)24(37-20(6)33)15-31(10)25(38-21(7)34)14-23(36-19(5)32)18(4)27(28)31/h16,22-25,27-28H,4,11-15H2,1-3,5-10H3/t16?,22?,23-,24-,25-,27-,28+,31+/m0/s1. The largest absolute Gasteiger partial charge is 0.462 e. The number of carbonyl (C=O) groups is 4. The van der Waals surface area contributed by atoms with E-state index in [0.717, 1.165) is 24.0 Å². The van der Waals surface area contributed by atoms with Gasteiger partial charge in [0.25, 0.3) is 0 Å². The summed E-state index contributed by atoms with van der Waals surface area (Å²) in [6.07, 6.45) is 0.126. The molecule has 8 nitrogen and oxygen atoms in total. The van der Waals surface area contributed by atoms with Crippen molar-refractivity contribution in [2.45, 2.75) is 119 Å². The fourth-order valence-electron chi connectivity index (χ4n) is 7.47. The van der Waals surface area contributed by atoms with Crippen LogP contribution in [-0.2, 0) is 38.1 Å². The molecule has 0 aliphatic heterocycles. The SMILES string of the molecule is C=C1[C@@H](OC(C)=O)C[C@H](OC(C)=O)[C@@]2(C)C[C@H](OC(C)=O)C3=C(C)CCC([C@@H](OC(=O)C(C)CC)[C@H]12)C3(C)C. The van der Waals surface area contributed by atoms with Gasteiger partial charge in [0.15, 0.2) is 0 Å². The minimum Gasteiger partial charge on any atom is -0.462 e. The van der Waals surface area contributed by atoms with Gasteiger partial charge in [-0.1, -0.05) is 46.8 Å². The Morgan fingerprint density at radius 2 is 1.51 bits per heavy atom. The van der Waals surface area contributed by atoms with E-state index < -0.39 is 59.1 Å². The van der Waals surface area contributed by atoms with E-state index in [1.807, 2.05) is 20.8 Å². The Kier molecular flexibility index (Phi) is 9.08. The van der Waals surface area contributed by atoms with Crippen molar-refractivity contribution in [3.05, 3.63) is 23.3 Å². The number of allylic oxidation sites excluding steroid dienone is 1. The smallest absolute Gasteiger partial charge is 0.308 e. The van der Waals surface area contributed by atoms with E-state index in [1.165, 1.54) is 20.8 Å². The van der Waals surface area contributed by atoms with Gasteiger partial charge in [-0.2, -0.15) is 0 Å². The van der Waals surface area contributed by atoms with Gasteiger partial charge in [0.2, 0.25) is 0 Å². The summed E-state index contributed by atoms with van der Waals surface area (Å²) in [5.41, 5.74) is 1.51. The first-order valence-electron chi connectivity index (χ1n) is 14.1. The molecule has 2 saturated carbocycles. The highest BCUT2D eigenvalue weighted by Gasteiger charge is 2.62. The molecule has 8 atom stereocenters. The predicted octanol–water partition coefficient (Wildman–Crippen LogP) is 5.48. The van der Waals surface area contributed by atoms with Crippen LogP contribution in [0.2, 0.25) is 0 Å². The van der Waals surface area contributed by atoms with Crippen LogP contribution in [0.3, 0.4) is 0 Å². The third kappa shape index (κ3) is 5.94. The summed E-state index contributed by atoms with van der Waals surface area (Å²) in [5.74, 6) is -2.59. The van der Waals surface area contributed by atoms with E-state index in [9.17, 15) is 19.2 Å². The molecule has 3 rings (SSSR count). The zero-order valence-electron chi connectivity index (χ0n) is 25.1. The average molecular weight is 547 g/mol. The summed E-state index contributed by atoms with van der Waals surface area (Å²) < 4.78 is 24.1. The zero-order chi connectivity index (χ0) is 29.4. The molecule has 8 heteroatoms. The van der Waals surface area contributed by atoms with Crippen molar-refractivity contribution in [3.63, 3.8) is 0 Å². The summed E-state index contributed by atoms with van der Waals surface area (Å²) >= 11 is 0. The highest BCUT2D eigenvalue weighted by molar-refractivity contribution is 5.72. The normalized spacial score (nSPS) is 34.5. The van der Waals surface area contributed by atoms with Gasteiger partial charge in [-0.05, 0) is 49.2 Å². The van der Waals surface area contributed by atoms with E-state index >= 15 is 0 Å². The Bertz CT molecular complexity index is 1050. The number of hydrogen-bond acceptors (Lipinski definition) is 8.